The molecule has 4 nitrogen and oxygen atoms in total. The van der Waals surface area contributed by atoms with Gasteiger partial charge in [0, 0.05) is 34.2 Å². The molecule has 0 aliphatic heterocycles. The molecule has 4 aromatic rings. The van der Waals surface area contributed by atoms with E-state index < -0.39 is 0 Å². The van der Waals surface area contributed by atoms with Crippen molar-refractivity contribution in [1.82, 2.24) is 14.6 Å². The summed E-state index contributed by atoms with van der Waals surface area (Å²) in [5.74, 6) is 0.939. The Morgan fingerprint density at radius 3 is 2.41 bits per heavy atom. The summed E-state index contributed by atoms with van der Waals surface area (Å²) < 4.78 is 1.87. The van der Waals surface area contributed by atoms with E-state index in [1.165, 1.54) is 5.56 Å². The van der Waals surface area contributed by atoms with E-state index in [0.717, 1.165) is 41.3 Å². The lowest BCUT2D eigenvalue weighted by Gasteiger charge is -2.20. The van der Waals surface area contributed by atoms with E-state index >= 15 is 0 Å². The number of hydrogen-bond acceptors (Lipinski definition) is 3. The van der Waals surface area contributed by atoms with E-state index in [2.05, 4.69) is 61.5 Å². The van der Waals surface area contributed by atoms with Gasteiger partial charge in [-0.2, -0.15) is 9.61 Å². The lowest BCUT2D eigenvalue weighted by Crippen LogP contribution is -2.17. The molecule has 29 heavy (non-hydrogen) atoms. The average molecular weight is 405 g/mol. The highest BCUT2D eigenvalue weighted by Gasteiger charge is 2.21. The fraction of sp³-hybridized carbons (Fsp3) is 0.250. The quantitative estimate of drug-likeness (QED) is 0.443. The summed E-state index contributed by atoms with van der Waals surface area (Å²) in [6, 6.07) is 20.4. The Morgan fingerprint density at radius 1 is 0.966 bits per heavy atom. The molecule has 0 atom stereocenters. The number of rotatable bonds is 5. The van der Waals surface area contributed by atoms with Gasteiger partial charge < -0.3 is 5.32 Å². The highest BCUT2D eigenvalue weighted by molar-refractivity contribution is 6.33. The number of nitrogens with zero attached hydrogens (tertiary/aromatic N) is 3. The van der Waals surface area contributed by atoms with Gasteiger partial charge in [0.15, 0.2) is 5.65 Å². The Kier molecular flexibility index (Phi) is 5.29. The summed E-state index contributed by atoms with van der Waals surface area (Å²) in [6.07, 6.45) is 2.78. The summed E-state index contributed by atoms with van der Waals surface area (Å²) in [5.41, 5.74) is 4.93. The second kappa shape index (κ2) is 7.88. The van der Waals surface area contributed by atoms with Crippen LogP contribution in [0.5, 0.6) is 0 Å². The van der Waals surface area contributed by atoms with Gasteiger partial charge in [-0.3, -0.25) is 0 Å². The maximum atomic E-state index is 6.46. The molecule has 0 amide bonds. The molecule has 0 saturated carbocycles. The van der Waals surface area contributed by atoms with Gasteiger partial charge in [0.1, 0.15) is 5.82 Å². The molecule has 0 aliphatic carbocycles. The van der Waals surface area contributed by atoms with Crippen LogP contribution >= 0.6 is 11.6 Å². The van der Waals surface area contributed by atoms with Crippen LogP contribution in [0.4, 0.5) is 5.82 Å². The van der Waals surface area contributed by atoms with Crippen LogP contribution in [0.25, 0.3) is 16.8 Å². The summed E-state index contributed by atoms with van der Waals surface area (Å²) in [6.45, 7) is 7.33. The number of benzene rings is 2. The summed E-state index contributed by atoms with van der Waals surface area (Å²) in [4.78, 5) is 4.95. The average Bonchev–Trinajstić information content (AvgIpc) is 3.12. The van der Waals surface area contributed by atoms with Gasteiger partial charge in [-0.05, 0) is 18.1 Å². The van der Waals surface area contributed by atoms with Crippen molar-refractivity contribution in [1.29, 1.82) is 0 Å². The maximum Gasteiger partial charge on any atom is 0.165 e. The first kappa shape index (κ1) is 19.5. The zero-order chi connectivity index (χ0) is 20.4. The maximum absolute atomic E-state index is 6.46. The first-order valence-corrected chi connectivity index (χ1v) is 10.2. The number of nitrogens with one attached hydrogen (secondary N) is 1. The third-order valence-electron chi connectivity index (χ3n) is 4.97. The van der Waals surface area contributed by atoms with Gasteiger partial charge in [-0.15, -0.1) is 0 Å². The number of anilines is 1. The Balaban J connectivity index is 1.74. The number of hydrogen-bond donors (Lipinski definition) is 1. The highest BCUT2D eigenvalue weighted by atomic mass is 35.5. The second-order valence-corrected chi connectivity index (χ2v) is 8.62. The van der Waals surface area contributed by atoms with Crippen molar-refractivity contribution in [2.45, 2.75) is 32.6 Å². The lowest BCUT2D eigenvalue weighted by atomic mass is 9.92. The molecule has 0 bridgehead atoms. The molecular formula is C24H25ClN4. The zero-order valence-corrected chi connectivity index (χ0v) is 17.7. The Labute approximate surface area is 176 Å². The van der Waals surface area contributed by atoms with Gasteiger partial charge in [-0.1, -0.05) is 80.9 Å². The molecule has 0 aliphatic rings. The van der Waals surface area contributed by atoms with Crippen molar-refractivity contribution in [3.63, 3.8) is 0 Å². The topological polar surface area (TPSA) is 42.2 Å². The van der Waals surface area contributed by atoms with Crippen LogP contribution in [0.1, 0.15) is 32.0 Å². The van der Waals surface area contributed by atoms with Crippen LogP contribution < -0.4 is 5.32 Å². The van der Waals surface area contributed by atoms with Gasteiger partial charge >= 0.3 is 0 Å². The van der Waals surface area contributed by atoms with Crippen LogP contribution in [0.3, 0.4) is 0 Å². The fourth-order valence-corrected chi connectivity index (χ4v) is 3.56. The minimum Gasteiger partial charge on any atom is -0.370 e. The van der Waals surface area contributed by atoms with Crippen LogP contribution in [0.15, 0.2) is 66.9 Å². The number of halogens is 1. The monoisotopic (exact) mass is 404 g/mol. The van der Waals surface area contributed by atoms with Crippen molar-refractivity contribution in [3.8, 4) is 11.1 Å². The molecule has 0 fully saturated rings. The first-order valence-electron chi connectivity index (χ1n) is 9.85. The largest absolute Gasteiger partial charge is 0.370 e. The van der Waals surface area contributed by atoms with E-state index in [1.807, 2.05) is 41.0 Å². The van der Waals surface area contributed by atoms with Gasteiger partial charge in [-0.25, -0.2) is 4.98 Å². The fourth-order valence-electron chi connectivity index (χ4n) is 3.32. The Morgan fingerprint density at radius 2 is 1.69 bits per heavy atom. The molecular weight excluding hydrogens is 380 g/mol. The standard InChI is InChI=1S/C24H25ClN4/c1-24(2,3)21-15-22(26-14-13-17-9-5-4-6-10-17)29-23(28-21)19(16-27-29)18-11-7-8-12-20(18)25/h4-12,15-16,26H,13-14H2,1-3H3. The Hall–Kier alpha value is -2.85. The molecule has 0 radical (unpaired) electrons. The van der Waals surface area contributed by atoms with Crippen molar-refractivity contribution in [3.05, 3.63) is 83.1 Å². The normalized spacial score (nSPS) is 11.7. The van der Waals surface area contributed by atoms with E-state index in [9.17, 15) is 0 Å². The smallest absolute Gasteiger partial charge is 0.165 e. The molecule has 2 aromatic carbocycles. The third kappa shape index (κ3) is 4.13. The molecule has 5 heteroatoms. The predicted octanol–water partition coefficient (Wildman–Crippen LogP) is 6.00. The van der Waals surface area contributed by atoms with E-state index in [0.29, 0.717) is 5.02 Å². The van der Waals surface area contributed by atoms with Crippen LogP contribution in [0, 0.1) is 0 Å². The second-order valence-electron chi connectivity index (χ2n) is 8.21. The van der Waals surface area contributed by atoms with E-state index in [4.69, 9.17) is 16.6 Å². The van der Waals surface area contributed by atoms with E-state index in [-0.39, 0.29) is 5.41 Å². The van der Waals surface area contributed by atoms with Gasteiger partial charge in [0.2, 0.25) is 0 Å². The van der Waals surface area contributed by atoms with Gasteiger partial charge in [0.25, 0.3) is 0 Å². The summed E-state index contributed by atoms with van der Waals surface area (Å²) in [5, 5.41) is 8.87. The number of fused-ring (bicyclic) bond motifs is 1. The molecule has 0 spiro atoms. The van der Waals surface area contributed by atoms with Crippen LogP contribution in [0.2, 0.25) is 5.02 Å². The Bertz CT molecular complexity index is 1130. The molecule has 2 heterocycles. The van der Waals surface area contributed by atoms with Crippen molar-refractivity contribution >= 4 is 23.1 Å². The zero-order valence-electron chi connectivity index (χ0n) is 17.0. The lowest BCUT2D eigenvalue weighted by molar-refractivity contribution is 0.568. The SMILES string of the molecule is CC(C)(C)c1cc(NCCc2ccccc2)n2ncc(-c3ccccc3Cl)c2n1. The van der Waals surface area contributed by atoms with Crippen LogP contribution in [-0.2, 0) is 11.8 Å². The van der Waals surface area contributed by atoms with Crippen molar-refractivity contribution in [2.75, 3.05) is 11.9 Å². The molecule has 2 aromatic heterocycles. The first-order chi connectivity index (χ1) is 13.9. The van der Waals surface area contributed by atoms with Crippen molar-refractivity contribution < 1.29 is 0 Å². The van der Waals surface area contributed by atoms with Crippen LogP contribution in [-0.4, -0.2) is 21.1 Å². The van der Waals surface area contributed by atoms with Gasteiger partial charge in [0.05, 0.1) is 11.9 Å². The third-order valence-corrected chi connectivity index (χ3v) is 5.30. The molecule has 148 valence electrons. The predicted molar refractivity (Wildman–Crippen MR) is 121 cm³/mol. The minimum absolute atomic E-state index is 0.0837. The van der Waals surface area contributed by atoms with Crippen molar-refractivity contribution in [2.24, 2.45) is 0 Å². The van der Waals surface area contributed by atoms with E-state index in [1.54, 1.807) is 0 Å². The number of aromatic nitrogens is 3. The minimum atomic E-state index is -0.0837. The molecule has 4 rings (SSSR count). The molecule has 1 N–H and O–H groups in total. The summed E-state index contributed by atoms with van der Waals surface area (Å²) >= 11 is 6.46. The summed E-state index contributed by atoms with van der Waals surface area (Å²) in [7, 11) is 0. The molecule has 0 unspecified atom stereocenters. The molecule has 0 saturated heterocycles. The highest BCUT2D eigenvalue weighted by Crippen LogP contribution is 2.33.